The SMILES string of the molecule is CCc1ccc(NC(=O)COC(=O)[C@H]2CC(=O)N(c3ccccc3OC)C2)cc1. The molecule has 152 valence electrons. The lowest BCUT2D eigenvalue weighted by molar-refractivity contribution is -0.151. The maximum atomic E-state index is 12.4. The number of nitrogens with one attached hydrogen (secondary N) is 1. The summed E-state index contributed by atoms with van der Waals surface area (Å²) in [6, 6.07) is 14.6. The molecule has 0 radical (unpaired) electrons. The number of aryl methyl sites for hydroxylation is 1. The second kappa shape index (κ2) is 9.23. The van der Waals surface area contributed by atoms with E-state index in [1.807, 2.05) is 18.2 Å². The summed E-state index contributed by atoms with van der Waals surface area (Å²) in [7, 11) is 1.53. The molecule has 3 rings (SSSR count). The Hall–Kier alpha value is -3.35. The third kappa shape index (κ3) is 4.93. The predicted octanol–water partition coefficient (Wildman–Crippen LogP) is 2.79. The average molecular weight is 396 g/mol. The van der Waals surface area contributed by atoms with Crippen LogP contribution in [0.1, 0.15) is 18.9 Å². The van der Waals surface area contributed by atoms with Crippen molar-refractivity contribution in [1.29, 1.82) is 0 Å². The van der Waals surface area contributed by atoms with Gasteiger partial charge in [-0.2, -0.15) is 0 Å². The van der Waals surface area contributed by atoms with Gasteiger partial charge < -0.3 is 19.7 Å². The van der Waals surface area contributed by atoms with Crippen LogP contribution in [0.2, 0.25) is 0 Å². The van der Waals surface area contributed by atoms with Crippen LogP contribution in [0.3, 0.4) is 0 Å². The van der Waals surface area contributed by atoms with Crippen molar-refractivity contribution in [1.82, 2.24) is 0 Å². The van der Waals surface area contributed by atoms with Gasteiger partial charge in [-0.05, 0) is 36.2 Å². The van der Waals surface area contributed by atoms with Crippen molar-refractivity contribution in [2.24, 2.45) is 5.92 Å². The Kier molecular flexibility index (Phi) is 6.49. The van der Waals surface area contributed by atoms with E-state index in [2.05, 4.69) is 12.2 Å². The van der Waals surface area contributed by atoms with Gasteiger partial charge in [0.05, 0.1) is 18.7 Å². The monoisotopic (exact) mass is 396 g/mol. The fourth-order valence-corrected chi connectivity index (χ4v) is 3.23. The minimum absolute atomic E-state index is 0.0387. The molecule has 1 N–H and O–H groups in total. The van der Waals surface area contributed by atoms with Crippen LogP contribution in [0, 0.1) is 5.92 Å². The molecule has 0 aliphatic carbocycles. The molecule has 0 saturated carbocycles. The first-order chi connectivity index (χ1) is 14.0. The van der Waals surface area contributed by atoms with E-state index in [0.717, 1.165) is 6.42 Å². The molecule has 1 heterocycles. The molecule has 2 aromatic rings. The summed E-state index contributed by atoms with van der Waals surface area (Å²) >= 11 is 0. The first-order valence-corrected chi connectivity index (χ1v) is 9.50. The molecule has 1 fully saturated rings. The fraction of sp³-hybridized carbons (Fsp3) is 0.318. The Balaban J connectivity index is 1.53. The lowest BCUT2D eigenvalue weighted by Crippen LogP contribution is -2.28. The zero-order valence-electron chi connectivity index (χ0n) is 16.5. The molecule has 0 aromatic heterocycles. The number of carbonyl (C=O) groups is 3. The number of hydrogen-bond donors (Lipinski definition) is 1. The molecule has 29 heavy (non-hydrogen) atoms. The van der Waals surface area contributed by atoms with Gasteiger partial charge in [-0.15, -0.1) is 0 Å². The molecule has 1 aliphatic rings. The lowest BCUT2D eigenvalue weighted by Gasteiger charge is -2.19. The zero-order valence-corrected chi connectivity index (χ0v) is 16.5. The molecule has 1 saturated heterocycles. The number of anilines is 2. The minimum Gasteiger partial charge on any atom is -0.495 e. The molecule has 1 atom stereocenters. The Bertz CT molecular complexity index is 894. The normalized spacial score (nSPS) is 15.9. The Morgan fingerprint density at radius 2 is 1.86 bits per heavy atom. The van der Waals surface area contributed by atoms with Crippen molar-refractivity contribution in [3.05, 3.63) is 54.1 Å². The van der Waals surface area contributed by atoms with Crippen LogP contribution in [-0.4, -0.2) is 38.0 Å². The van der Waals surface area contributed by atoms with Gasteiger partial charge in [-0.3, -0.25) is 14.4 Å². The van der Waals surface area contributed by atoms with Crippen molar-refractivity contribution in [3.63, 3.8) is 0 Å². The van der Waals surface area contributed by atoms with E-state index in [9.17, 15) is 14.4 Å². The van der Waals surface area contributed by atoms with E-state index in [4.69, 9.17) is 9.47 Å². The van der Waals surface area contributed by atoms with E-state index < -0.39 is 24.4 Å². The van der Waals surface area contributed by atoms with Crippen molar-refractivity contribution >= 4 is 29.2 Å². The molecule has 0 bridgehead atoms. The lowest BCUT2D eigenvalue weighted by atomic mass is 10.1. The number of benzene rings is 2. The van der Waals surface area contributed by atoms with Crippen LogP contribution in [-0.2, 0) is 25.5 Å². The smallest absolute Gasteiger partial charge is 0.311 e. The number of carbonyl (C=O) groups excluding carboxylic acids is 3. The largest absolute Gasteiger partial charge is 0.495 e. The number of esters is 1. The minimum atomic E-state index is -0.621. The summed E-state index contributed by atoms with van der Waals surface area (Å²) in [6.45, 7) is 1.85. The average Bonchev–Trinajstić information content (AvgIpc) is 3.14. The quantitative estimate of drug-likeness (QED) is 0.728. The van der Waals surface area contributed by atoms with E-state index in [-0.39, 0.29) is 18.9 Å². The topological polar surface area (TPSA) is 84.9 Å². The number of ether oxygens (including phenoxy) is 2. The second-order valence-electron chi connectivity index (χ2n) is 6.78. The maximum absolute atomic E-state index is 12.4. The summed E-state index contributed by atoms with van der Waals surface area (Å²) < 4.78 is 10.4. The van der Waals surface area contributed by atoms with Crippen molar-refractivity contribution in [2.45, 2.75) is 19.8 Å². The highest BCUT2D eigenvalue weighted by Crippen LogP contribution is 2.33. The van der Waals surface area contributed by atoms with Crippen LogP contribution in [0.5, 0.6) is 5.75 Å². The van der Waals surface area contributed by atoms with E-state index in [1.165, 1.54) is 17.6 Å². The number of hydrogen-bond acceptors (Lipinski definition) is 5. The summed E-state index contributed by atoms with van der Waals surface area (Å²) in [6.07, 6.45) is 0.953. The summed E-state index contributed by atoms with van der Waals surface area (Å²) in [5.74, 6) is -1.23. The van der Waals surface area contributed by atoms with Crippen LogP contribution < -0.4 is 15.0 Å². The number of amides is 2. The van der Waals surface area contributed by atoms with Gasteiger partial charge in [0, 0.05) is 18.7 Å². The van der Waals surface area contributed by atoms with Gasteiger partial charge in [-0.1, -0.05) is 31.2 Å². The first kappa shape index (κ1) is 20.4. The van der Waals surface area contributed by atoms with Gasteiger partial charge in [0.25, 0.3) is 5.91 Å². The van der Waals surface area contributed by atoms with Gasteiger partial charge in [-0.25, -0.2) is 0 Å². The van der Waals surface area contributed by atoms with Gasteiger partial charge >= 0.3 is 5.97 Å². The third-order valence-electron chi connectivity index (χ3n) is 4.83. The molecule has 0 spiro atoms. The standard InChI is InChI=1S/C22H24N2O5/c1-3-15-8-10-17(11-9-15)23-20(25)14-29-22(27)16-12-21(26)24(13-16)18-6-4-5-7-19(18)28-2/h4-11,16H,3,12-14H2,1-2H3,(H,23,25)/t16-/m0/s1. The van der Waals surface area contributed by atoms with E-state index >= 15 is 0 Å². The molecule has 0 unspecified atom stereocenters. The Morgan fingerprint density at radius 1 is 1.14 bits per heavy atom. The molecule has 2 aromatic carbocycles. The molecule has 2 amide bonds. The van der Waals surface area contributed by atoms with Crippen LogP contribution in [0.4, 0.5) is 11.4 Å². The number of nitrogens with zero attached hydrogens (tertiary/aromatic N) is 1. The summed E-state index contributed by atoms with van der Waals surface area (Å²) in [5, 5.41) is 2.69. The zero-order chi connectivity index (χ0) is 20.8. The molecule has 7 nitrogen and oxygen atoms in total. The van der Waals surface area contributed by atoms with E-state index in [0.29, 0.717) is 17.1 Å². The highest BCUT2D eigenvalue weighted by Gasteiger charge is 2.37. The van der Waals surface area contributed by atoms with Gasteiger partial charge in [0.2, 0.25) is 5.91 Å². The first-order valence-electron chi connectivity index (χ1n) is 9.50. The third-order valence-corrected chi connectivity index (χ3v) is 4.83. The molecule has 1 aliphatic heterocycles. The van der Waals surface area contributed by atoms with Crippen molar-refractivity contribution in [3.8, 4) is 5.75 Å². The second-order valence-corrected chi connectivity index (χ2v) is 6.78. The highest BCUT2D eigenvalue weighted by molar-refractivity contribution is 6.01. The van der Waals surface area contributed by atoms with Crippen LogP contribution >= 0.6 is 0 Å². The molecule has 7 heteroatoms. The maximum Gasteiger partial charge on any atom is 0.311 e. The Morgan fingerprint density at radius 3 is 2.55 bits per heavy atom. The molecular formula is C22H24N2O5. The fourth-order valence-electron chi connectivity index (χ4n) is 3.23. The molecular weight excluding hydrogens is 372 g/mol. The Labute approximate surface area is 169 Å². The number of methoxy groups -OCH3 is 1. The number of para-hydroxylation sites is 2. The summed E-state index contributed by atoms with van der Waals surface area (Å²) in [5.41, 5.74) is 2.42. The highest BCUT2D eigenvalue weighted by atomic mass is 16.5. The van der Waals surface area contributed by atoms with Crippen LogP contribution in [0.25, 0.3) is 0 Å². The van der Waals surface area contributed by atoms with Gasteiger partial charge in [0.1, 0.15) is 5.75 Å². The summed E-state index contributed by atoms with van der Waals surface area (Å²) in [4.78, 5) is 38.3. The van der Waals surface area contributed by atoms with Crippen molar-refractivity contribution in [2.75, 3.05) is 30.5 Å². The van der Waals surface area contributed by atoms with Crippen LogP contribution in [0.15, 0.2) is 48.5 Å². The van der Waals surface area contributed by atoms with Gasteiger partial charge in [0.15, 0.2) is 6.61 Å². The van der Waals surface area contributed by atoms with E-state index in [1.54, 1.807) is 30.3 Å². The predicted molar refractivity (Wildman–Crippen MR) is 109 cm³/mol. The van der Waals surface area contributed by atoms with Crippen molar-refractivity contribution < 1.29 is 23.9 Å². The number of rotatable bonds is 7.